The lowest BCUT2D eigenvalue weighted by Gasteiger charge is -2.34. The maximum atomic E-state index is 12.7. The van der Waals surface area contributed by atoms with Gasteiger partial charge >= 0.3 is 6.03 Å². The molecule has 2 N–H and O–H groups in total. The second kappa shape index (κ2) is 8.78. The van der Waals surface area contributed by atoms with Crippen molar-refractivity contribution < 1.29 is 9.21 Å². The van der Waals surface area contributed by atoms with Gasteiger partial charge in [0.25, 0.3) is 5.89 Å². The fourth-order valence-electron chi connectivity index (χ4n) is 4.09. The van der Waals surface area contributed by atoms with Gasteiger partial charge in [-0.1, -0.05) is 24.3 Å². The van der Waals surface area contributed by atoms with Gasteiger partial charge in [0, 0.05) is 31.7 Å². The van der Waals surface area contributed by atoms with E-state index >= 15 is 0 Å². The Bertz CT molecular complexity index is 1140. The number of carbonyl (C=O) groups is 1. The molecule has 2 aliphatic heterocycles. The molecule has 0 bridgehead atoms. The second-order valence-corrected chi connectivity index (χ2v) is 8.02. The molecule has 9 heteroatoms. The van der Waals surface area contributed by atoms with Gasteiger partial charge in [0.05, 0.1) is 11.9 Å². The van der Waals surface area contributed by atoms with E-state index in [4.69, 9.17) is 10.2 Å². The number of piperidine rings is 1. The zero-order chi connectivity index (χ0) is 21.9. The van der Waals surface area contributed by atoms with Crippen molar-refractivity contribution in [1.29, 1.82) is 0 Å². The van der Waals surface area contributed by atoms with E-state index in [-0.39, 0.29) is 17.7 Å². The number of carbonyl (C=O) groups excluding carboxylic acids is 1. The summed E-state index contributed by atoms with van der Waals surface area (Å²) in [6.45, 7) is 2.92. The minimum atomic E-state index is 0.128. The lowest BCUT2D eigenvalue weighted by molar-refractivity contribution is 0.147. The quantitative estimate of drug-likeness (QED) is 0.675. The highest BCUT2D eigenvalue weighted by molar-refractivity contribution is 5.77. The van der Waals surface area contributed by atoms with Gasteiger partial charge in [0.1, 0.15) is 0 Å². The van der Waals surface area contributed by atoms with E-state index < -0.39 is 0 Å². The van der Waals surface area contributed by atoms with E-state index in [0.717, 1.165) is 37.1 Å². The molecule has 0 unspecified atom stereocenters. The number of likely N-dealkylation sites (tertiary alicyclic amines) is 1. The van der Waals surface area contributed by atoms with Crippen LogP contribution in [0.1, 0.15) is 31.4 Å². The van der Waals surface area contributed by atoms with Crippen molar-refractivity contribution in [2.45, 2.75) is 25.7 Å². The summed E-state index contributed by atoms with van der Waals surface area (Å²) in [5.41, 5.74) is 8.99. The van der Waals surface area contributed by atoms with Crippen molar-refractivity contribution in [2.24, 2.45) is 0 Å². The molecule has 0 saturated carbocycles. The number of benzene rings is 1. The normalized spacial score (nSPS) is 16.7. The fourth-order valence-corrected chi connectivity index (χ4v) is 4.09. The Kier molecular flexibility index (Phi) is 5.53. The van der Waals surface area contributed by atoms with Gasteiger partial charge in [-0.2, -0.15) is 0 Å². The van der Waals surface area contributed by atoms with Gasteiger partial charge in [-0.3, -0.25) is 0 Å². The lowest BCUT2D eigenvalue weighted by atomic mass is 10.0. The third-order valence-corrected chi connectivity index (χ3v) is 5.88. The highest BCUT2D eigenvalue weighted by Gasteiger charge is 2.25. The molecule has 2 amide bonds. The first-order chi connectivity index (χ1) is 15.7. The average molecular weight is 432 g/mol. The van der Waals surface area contributed by atoms with Gasteiger partial charge in [-0.15, -0.1) is 10.2 Å². The number of rotatable bonds is 3. The molecule has 2 aliphatic rings. The van der Waals surface area contributed by atoms with Crippen LogP contribution >= 0.6 is 0 Å². The van der Waals surface area contributed by atoms with Crippen LogP contribution in [0.25, 0.3) is 28.6 Å². The molecule has 32 heavy (non-hydrogen) atoms. The monoisotopic (exact) mass is 431 g/mol. The van der Waals surface area contributed by atoms with Crippen LogP contribution in [-0.4, -0.2) is 62.2 Å². The molecule has 4 heterocycles. The van der Waals surface area contributed by atoms with Crippen LogP contribution in [0.4, 0.5) is 10.6 Å². The van der Waals surface area contributed by atoms with Crippen LogP contribution in [0.15, 0.2) is 47.0 Å². The summed E-state index contributed by atoms with van der Waals surface area (Å²) in [7, 11) is 0. The Balaban J connectivity index is 1.34. The topological polar surface area (TPSA) is 114 Å². The summed E-state index contributed by atoms with van der Waals surface area (Å²) in [6.07, 6.45) is 7.79. The van der Waals surface area contributed by atoms with E-state index in [2.05, 4.69) is 20.2 Å². The second-order valence-electron chi connectivity index (χ2n) is 8.02. The molecular formula is C23H25N7O2. The predicted octanol–water partition coefficient (Wildman–Crippen LogP) is 3.47. The van der Waals surface area contributed by atoms with Gasteiger partial charge in [-0.05, 0) is 43.4 Å². The number of hydrogen-bond acceptors (Lipinski definition) is 7. The number of nitrogen functional groups attached to an aromatic ring is 1. The zero-order valence-corrected chi connectivity index (χ0v) is 17.8. The van der Waals surface area contributed by atoms with Crippen LogP contribution in [0, 0.1) is 0 Å². The third-order valence-electron chi connectivity index (χ3n) is 5.88. The number of nitrogens with two attached hydrogens (primary N) is 1. The molecule has 0 radical (unpaired) electrons. The number of amides is 2. The maximum Gasteiger partial charge on any atom is 0.320 e. The summed E-state index contributed by atoms with van der Waals surface area (Å²) in [6, 6.07) is 9.65. The maximum absolute atomic E-state index is 12.7. The average Bonchev–Trinajstić information content (AvgIpc) is 3.35. The fraction of sp³-hybridized carbons (Fsp3) is 0.348. The molecule has 2 aromatic heterocycles. The number of urea groups is 1. The van der Waals surface area contributed by atoms with Gasteiger partial charge in [-0.25, -0.2) is 14.8 Å². The van der Waals surface area contributed by atoms with Crippen LogP contribution in [0.3, 0.4) is 0 Å². The van der Waals surface area contributed by atoms with Crippen molar-refractivity contribution in [1.82, 2.24) is 30.0 Å². The Morgan fingerprint density at radius 2 is 1.75 bits per heavy atom. The molecular weight excluding hydrogens is 406 g/mol. The summed E-state index contributed by atoms with van der Waals surface area (Å²) < 4.78 is 5.81. The summed E-state index contributed by atoms with van der Waals surface area (Å²) >= 11 is 0. The Morgan fingerprint density at radius 1 is 0.969 bits per heavy atom. The first-order valence-corrected chi connectivity index (χ1v) is 10.9. The van der Waals surface area contributed by atoms with Crippen LogP contribution in [0.5, 0.6) is 0 Å². The molecule has 0 aliphatic carbocycles. The molecule has 164 valence electrons. The number of aromatic nitrogens is 4. The molecule has 1 saturated heterocycles. The largest absolute Gasteiger partial charge is 0.414 e. The molecule has 3 aromatic rings. The molecule has 9 nitrogen and oxygen atoms in total. The summed E-state index contributed by atoms with van der Waals surface area (Å²) in [4.78, 5) is 25.6. The predicted molar refractivity (Wildman–Crippen MR) is 120 cm³/mol. The number of anilines is 1. The van der Waals surface area contributed by atoms with E-state index in [1.54, 1.807) is 6.20 Å². The summed E-state index contributed by atoms with van der Waals surface area (Å²) in [5.74, 6) is 0.861. The third kappa shape index (κ3) is 4.05. The minimum absolute atomic E-state index is 0.128. The van der Waals surface area contributed by atoms with E-state index in [1.165, 1.54) is 6.42 Å². The van der Waals surface area contributed by atoms with E-state index in [9.17, 15) is 4.79 Å². The van der Waals surface area contributed by atoms with Crippen LogP contribution in [0.2, 0.25) is 0 Å². The highest BCUT2D eigenvalue weighted by atomic mass is 16.4. The Hall–Kier alpha value is -3.75. The number of hydrogen-bond donors (Lipinski definition) is 1. The minimum Gasteiger partial charge on any atom is -0.414 e. The first kappa shape index (κ1) is 20.2. The molecule has 0 atom stereocenters. The van der Waals surface area contributed by atoms with Gasteiger partial charge < -0.3 is 20.0 Å². The van der Waals surface area contributed by atoms with Crippen molar-refractivity contribution in [3.05, 3.63) is 48.3 Å². The van der Waals surface area contributed by atoms with Crippen molar-refractivity contribution >= 4 is 17.4 Å². The van der Waals surface area contributed by atoms with Crippen molar-refractivity contribution in [3.8, 4) is 23.0 Å². The number of nitrogens with zero attached hydrogens (tertiary/aromatic N) is 6. The lowest BCUT2D eigenvalue weighted by Crippen LogP contribution is -2.46. The van der Waals surface area contributed by atoms with E-state index in [1.807, 2.05) is 46.2 Å². The molecule has 1 fully saturated rings. The SMILES string of the molecule is Nc1ncc(C2=CCN(C(=O)N3CCCCC3)CC2)nc1-c1nnc(-c2ccccc2)o1. The Morgan fingerprint density at radius 3 is 2.50 bits per heavy atom. The molecule has 5 rings (SSSR count). The molecule has 0 spiro atoms. The molecule has 1 aromatic carbocycles. The van der Waals surface area contributed by atoms with Crippen LogP contribution < -0.4 is 5.73 Å². The van der Waals surface area contributed by atoms with Crippen LogP contribution in [-0.2, 0) is 0 Å². The first-order valence-electron chi connectivity index (χ1n) is 10.9. The Labute approximate surface area is 186 Å². The zero-order valence-electron chi connectivity index (χ0n) is 17.8. The van der Waals surface area contributed by atoms with Crippen molar-refractivity contribution in [2.75, 3.05) is 31.9 Å². The smallest absolute Gasteiger partial charge is 0.320 e. The summed E-state index contributed by atoms with van der Waals surface area (Å²) in [5, 5.41) is 8.24. The van der Waals surface area contributed by atoms with E-state index in [0.29, 0.717) is 36.8 Å². The standard InChI is InChI=1S/C23H25N7O2/c24-20-19(22-28-27-21(32-22)17-7-3-1-4-8-17)26-18(15-25-20)16-9-13-30(14-10-16)23(31)29-11-5-2-6-12-29/h1,3-4,7-9,15H,2,5-6,10-14H2,(H2,24,25). The highest BCUT2D eigenvalue weighted by Crippen LogP contribution is 2.28. The van der Waals surface area contributed by atoms with Crippen molar-refractivity contribution in [3.63, 3.8) is 0 Å². The van der Waals surface area contributed by atoms with Gasteiger partial charge in [0.15, 0.2) is 11.5 Å². The van der Waals surface area contributed by atoms with Gasteiger partial charge in [0.2, 0.25) is 5.89 Å².